The number of carbonyl (C=O) groups is 2. The van der Waals surface area contributed by atoms with E-state index in [9.17, 15) is 14.0 Å². The monoisotopic (exact) mass is 267 g/mol. The summed E-state index contributed by atoms with van der Waals surface area (Å²) in [5.41, 5.74) is 5.56. The van der Waals surface area contributed by atoms with Gasteiger partial charge in [0.05, 0.1) is 11.6 Å². The molecule has 0 saturated heterocycles. The maximum Gasteiger partial charge on any atom is 0.253 e. The maximum absolute atomic E-state index is 13.3. The molecule has 1 aromatic carbocycles. The molecule has 0 spiro atoms. The number of nitrogens with one attached hydrogen (secondary N) is 1. The van der Waals surface area contributed by atoms with E-state index in [1.54, 1.807) is 14.0 Å². The molecule has 6 heteroatoms. The van der Waals surface area contributed by atoms with E-state index < -0.39 is 5.82 Å². The Hall–Kier alpha value is -2.11. The van der Waals surface area contributed by atoms with Gasteiger partial charge in [0.1, 0.15) is 5.82 Å². The summed E-state index contributed by atoms with van der Waals surface area (Å²) in [6, 6.07) is 3.90. The number of anilines is 1. The van der Waals surface area contributed by atoms with Crippen molar-refractivity contribution in [2.75, 3.05) is 26.4 Å². The van der Waals surface area contributed by atoms with Crippen molar-refractivity contribution in [3.8, 4) is 0 Å². The van der Waals surface area contributed by atoms with Gasteiger partial charge in [0, 0.05) is 26.2 Å². The van der Waals surface area contributed by atoms with E-state index in [-0.39, 0.29) is 35.5 Å². The lowest BCUT2D eigenvalue weighted by Crippen LogP contribution is -2.37. The van der Waals surface area contributed by atoms with Gasteiger partial charge in [-0.3, -0.25) is 9.59 Å². The van der Waals surface area contributed by atoms with Crippen LogP contribution in [0.3, 0.4) is 0 Å². The SMILES string of the molecule is CNC(=O)C(C)CN(C)C(=O)c1ccc(N)c(F)c1. The highest BCUT2D eigenvalue weighted by atomic mass is 19.1. The number of hydrogen-bond acceptors (Lipinski definition) is 3. The number of rotatable bonds is 4. The van der Waals surface area contributed by atoms with Crippen molar-refractivity contribution in [2.24, 2.45) is 5.92 Å². The van der Waals surface area contributed by atoms with Crippen LogP contribution in [0.4, 0.5) is 10.1 Å². The largest absolute Gasteiger partial charge is 0.396 e. The number of carbonyl (C=O) groups excluding carboxylic acids is 2. The highest BCUT2D eigenvalue weighted by Gasteiger charge is 2.19. The molecule has 104 valence electrons. The summed E-state index contributed by atoms with van der Waals surface area (Å²) in [5.74, 6) is -1.46. The molecule has 0 aliphatic rings. The zero-order valence-corrected chi connectivity index (χ0v) is 11.2. The summed E-state index contributed by atoms with van der Waals surface area (Å²) in [4.78, 5) is 24.8. The normalized spacial score (nSPS) is 11.8. The van der Waals surface area contributed by atoms with Crippen LogP contribution in [0.15, 0.2) is 18.2 Å². The van der Waals surface area contributed by atoms with Gasteiger partial charge < -0.3 is 16.0 Å². The molecule has 0 aromatic heterocycles. The van der Waals surface area contributed by atoms with Gasteiger partial charge in [-0.2, -0.15) is 0 Å². The van der Waals surface area contributed by atoms with Crippen molar-refractivity contribution < 1.29 is 14.0 Å². The van der Waals surface area contributed by atoms with Gasteiger partial charge in [0.15, 0.2) is 0 Å². The lowest BCUT2D eigenvalue weighted by molar-refractivity contribution is -0.124. The molecule has 5 nitrogen and oxygen atoms in total. The van der Waals surface area contributed by atoms with Crippen molar-refractivity contribution in [3.63, 3.8) is 0 Å². The third kappa shape index (κ3) is 3.67. The van der Waals surface area contributed by atoms with Crippen molar-refractivity contribution >= 4 is 17.5 Å². The van der Waals surface area contributed by atoms with Gasteiger partial charge in [-0.1, -0.05) is 6.92 Å². The minimum Gasteiger partial charge on any atom is -0.396 e. The molecule has 0 heterocycles. The molecule has 0 fully saturated rings. The van der Waals surface area contributed by atoms with Crippen molar-refractivity contribution in [2.45, 2.75) is 6.92 Å². The first-order chi connectivity index (χ1) is 8.86. The predicted octanol–water partition coefficient (Wildman–Crippen LogP) is 0.862. The van der Waals surface area contributed by atoms with E-state index >= 15 is 0 Å². The van der Waals surface area contributed by atoms with Crippen LogP contribution in [-0.2, 0) is 4.79 Å². The van der Waals surface area contributed by atoms with Crippen LogP contribution in [0.25, 0.3) is 0 Å². The number of nitrogen functional groups attached to an aromatic ring is 1. The number of benzene rings is 1. The average molecular weight is 267 g/mol. The van der Waals surface area contributed by atoms with Crippen molar-refractivity contribution in [1.29, 1.82) is 0 Å². The summed E-state index contributed by atoms with van der Waals surface area (Å²) < 4.78 is 13.3. The zero-order valence-electron chi connectivity index (χ0n) is 11.2. The molecular formula is C13H18FN3O2. The fraction of sp³-hybridized carbons (Fsp3) is 0.385. The minimum absolute atomic E-state index is 0.00191. The molecule has 19 heavy (non-hydrogen) atoms. The quantitative estimate of drug-likeness (QED) is 0.795. The second-order valence-corrected chi connectivity index (χ2v) is 4.44. The third-order valence-corrected chi connectivity index (χ3v) is 2.84. The van der Waals surface area contributed by atoms with E-state index in [0.717, 1.165) is 6.07 Å². The Balaban J connectivity index is 2.76. The average Bonchev–Trinajstić information content (AvgIpc) is 2.39. The molecular weight excluding hydrogens is 249 g/mol. The Morgan fingerprint density at radius 2 is 2.11 bits per heavy atom. The second-order valence-electron chi connectivity index (χ2n) is 4.44. The Morgan fingerprint density at radius 1 is 1.47 bits per heavy atom. The summed E-state index contributed by atoms with van der Waals surface area (Å²) in [7, 11) is 3.10. The maximum atomic E-state index is 13.3. The van der Waals surface area contributed by atoms with Crippen LogP contribution in [-0.4, -0.2) is 37.4 Å². The Kier molecular flexibility index (Phi) is 4.86. The van der Waals surface area contributed by atoms with Crippen LogP contribution in [0, 0.1) is 11.7 Å². The second kappa shape index (κ2) is 6.17. The fourth-order valence-electron chi connectivity index (χ4n) is 1.70. The summed E-state index contributed by atoms with van der Waals surface area (Å²) in [6.07, 6.45) is 0. The van der Waals surface area contributed by atoms with E-state index in [4.69, 9.17) is 5.73 Å². The van der Waals surface area contributed by atoms with E-state index in [2.05, 4.69) is 5.32 Å². The Bertz CT molecular complexity index is 491. The fourth-order valence-corrected chi connectivity index (χ4v) is 1.70. The molecule has 0 radical (unpaired) electrons. The van der Waals surface area contributed by atoms with Crippen molar-refractivity contribution in [1.82, 2.24) is 10.2 Å². The first kappa shape index (κ1) is 14.9. The van der Waals surface area contributed by atoms with Gasteiger partial charge in [0.2, 0.25) is 5.91 Å². The van der Waals surface area contributed by atoms with Gasteiger partial charge in [-0.05, 0) is 18.2 Å². The van der Waals surface area contributed by atoms with Crippen LogP contribution < -0.4 is 11.1 Å². The zero-order chi connectivity index (χ0) is 14.6. The third-order valence-electron chi connectivity index (χ3n) is 2.84. The molecule has 1 unspecified atom stereocenters. The van der Waals surface area contributed by atoms with Crippen LogP contribution in [0.5, 0.6) is 0 Å². The highest BCUT2D eigenvalue weighted by molar-refractivity contribution is 5.94. The number of amides is 2. The van der Waals surface area contributed by atoms with Gasteiger partial charge in [-0.15, -0.1) is 0 Å². The lowest BCUT2D eigenvalue weighted by atomic mass is 10.1. The van der Waals surface area contributed by atoms with E-state index in [1.807, 2.05) is 0 Å². The first-order valence-electron chi connectivity index (χ1n) is 5.89. The first-order valence-corrected chi connectivity index (χ1v) is 5.89. The topological polar surface area (TPSA) is 75.4 Å². The number of nitrogens with two attached hydrogens (primary N) is 1. The highest BCUT2D eigenvalue weighted by Crippen LogP contribution is 2.14. The van der Waals surface area contributed by atoms with Gasteiger partial charge in [0.25, 0.3) is 5.91 Å². The lowest BCUT2D eigenvalue weighted by Gasteiger charge is -2.21. The minimum atomic E-state index is -0.626. The van der Waals surface area contributed by atoms with E-state index in [1.165, 1.54) is 24.1 Å². The number of halogens is 1. The smallest absolute Gasteiger partial charge is 0.253 e. The Labute approximate surface area is 111 Å². The van der Waals surface area contributed by atoms with Gasteiger partial charge >= 0.3 is 0 Å². The molecule has 2 amide bonds. The molecule has 3 N–H and O–H groups in total. The van der Waals surface area contributed by atoms with Crippen LogP contribution in [0.2, 0.25) is 0 Å². The van der Waals surface area contributed by atoms with Crippen molar-refractivity contribution in [3.05, 3.63) is 29.6 Å². The van der Waals surface area contributed by atoms with Crippen LogP contribution >= 0.6 is 0 Å². The molecule has 1 atom stereocenters. The van der Waals surface area contributed by atoms with Gasteiger partial charge in [-0.25, -0.2) is 4.39 Å². The van der Waals surface area contributed by atoms with Crippen LogP contribution in [0.1, 0.15) is 17.3 Å². The Morgan fingerprint density at radius 3 is 2.63 bits per heavy atom. The standard InChI is InChI=1S/C13H18FN3O2/c1-8(12(18)16-2)7-17(3)13(19)9-4-5-11(15)10(14)6-9/h4-6,8H,7,15H2,1-3H3,(H,16,18). The number of hydrogen-bond donors (Lipinski definition) is 2. The molecule has 0 saturated carbocycles. The summed E-state index contributed by atoms with van der Waals surface area (Å²) in [6.45, 7) is 1.97. The molecule has 1 aromatic rings. The summed E-state index contributed by atoms with van der Waals surface area (Å²) >= 11 is 0. The van der Waals surface area contributed by atoms with E-state index in [0.29, 0.717) is 0 Å². The predicted molar refractivity (Wildman–Crippen MR) is 71.0 cm³/mol. The molecule has 1 rings (SSSR count). The molecule has 0 aliphatic carbocycles. The summed E-state index contributed by atoms with van der Waals surface area (Å²) in [5, 5.41) is 2.51. The number of nitrogens with zero attached hydrogens (tertiary/aromatic N) is 1. The molecule has 0 aliphatic heterocycles. The molecule has 0 bridgehead atoms.